The number of carbonyl (C=O) groups is 1. The van der Waals surface area contributed by atoms with E-state index in [1.165, 1.54) is 0 Å². The van der Waals surface area contributed by atoms with Gasteiger partial charge in [0.15, 0.2) is 0 Å². The summed E-state index contributed by atoms with van der Waals surface area (Å²) in [7, 11) is 1.62. The molecule has 2 N–H and O–H groups in total. The molecule has 0 atom stereocenters. The van der Waals surface area contributed by atoms with Crippen LogP contribution < -0.4 is 10.1 Å². The van der Waals surface area contributed by atoms with Crippen LogP contribution in [0.5, 0.6) is 5.75 Å². The van der Waals surface area contributed by atoms with Crippen LogP contribution in [0.4, 0.5) is 0 Å². The topological polar surface area (TPSA) is 76.2 Å². The number of para-hydroxylation sites is 2. The summed E-state index contributed by atoms with van der Waals surface area (Å²) in [6.45, 7) is 1.47. The van der Waals surface area contributed by atoms with Crippen LogP contribution in [0.3, 0.4) is 0 Å². The third-order valence-corrected chi connectivity index (χ3v) is 3.74. The van der Waals surface area contributed by atoms with Gasteiger partial charge in [-0.05, 0) is 30.3 Å². The summed E-state index contributed by atoms with van der Waals surface area (Å²) in [6.07, 6.45) is 0.643. The molecule has 3 rings (SSSR count). The third-order valence-electron chi connectivity index (χ3n) is 3.74. The molecule has 130 valence electrons. The van der Waals surface area contributed by atoms with Gasteiger partial charge in [0.25, 0.3) is 5.91 Å². The van der Waals surface area contributed by atoms with Crippen molar-refractivity contribution in [3.63, 3.8) is 0 Å². The molecule has 25 heavy (non-hydrogen) atoms. The largest absolute Gasteiger partial charge is 0.491 e. The fourth-order valence-corrected chi connectivity index (χ4v) is 2.49. The van der Waals surface area contributed by atoms with Crippen LogP contribution in [-0.2, 0) is 11.2 Å². The van der Waals surface area contributed by atoms with Crippen molar-refractivity contribution in [3.8, 4) is 5.75 Å². The van der Waals surface area contributed by atoms with Gasteiger partial charge in [-0.3, -0.25) is 4.79 Å². The maximum atomic E-state index is 12.3. The van der Waals surface area contributed by atoms with Gasteiger partial charge in [0.1, 0.15) is 18.2 Å². The fraction of sp³-hybridized carbons (Fsp3) is 0.263. The second-order valence-electron chi connectivity index (χ2n) is 5.58. The second kappa shape index (κ2) is 8.30. The molecule has 1 aromatic heterocycles. The summed E-state index contributed by atoms with van der Waals surface area (Å²) in [5.74, 6) is 1.38. The molecule has 1 heterocycles. The quantitative estimate of drug-likeness (QED) is 0.619. The first-order valence-electron chi connectivity index (χ1n) is 8.20. The number of nitrogens with zero attached hydrogens (tertiary/aromatic N) is 1. The Bertz CT molecular complexity index is 812. The molecule has 0 saturated carbocycles. The molecule has 0 bridgehead atoms. The first-order chi connectivity index (χ1) is 12.3. The van der Waals surface area contributed by atoms with E-state index in [9.17, 15) is 4.79 Å². The highest BCUT2D eigenvalue weighted by molar-refractivity contribution is 5.94. The number of ether oxygens (including phenoxy) is 2. The van der Waals surface area contributed by atoms with Crippen molar-refractivity contribution in [1.82, 2.24) is 15.3 Å². The summed E-state index contributed by atoms with van der Waals surface area (Å²) in [5.41, 5.74) is 2.51. The molecular formula is C19H21N3O3. The number of carbonyl (C=O) groups excluding carboxylic acids is 1. The maximum absolute atomic E-state index is 12.3. The molecule has 0 saturated heterocycles. The summed E-state index contributed by atoms with van der Waals surface area (Å²) >= 11 is 0. The normalized spacial score (nSPS) is 10.8. The number of aromatic nitrogens is 2. The summed E-state index contributed by atoms with van der Waals surface area (Å²) in [4.78, 5) is 20.0. The Labute approximate surface area is 146 Å². The molecule has 1 amide bonds. The summed E-state index contributed by atoms with van der Waals surface area (Å²) in [6, 6.07) is 15.0. The number of amides is 1. The van der Waals surface area contributed by atoms with Crippen molar-refractivity contribution in [3.05, 3.63) is 59.9 Å². The number of nitrogens with one attached hydrogen (secondary N) is 2. The van der Waals surface area contributed by atoms with Crippen molar-refractivity contribution in [2.75, 3.05) is 26.9 Å². The predicted octanol–water partition coefficient (Wildman–Crippen LogP) is 2.56. The molecular weight excluding hydrogens is 318 g/mol. The van der Waals surface area contributed by atoms with Gasteiger partial charge in [-0.15, -0.1) is 0 Å². The lowest BCUT2D eigenvalue weighted by atomic mass is 10.2. The maximum Gasteiger partial charge on any atom is 0.251 e. The molecule has 3 aromatic rings. The minimum absolute atomic E-state index is 0.131. The van der Waals surface area contributed by atoms with E-state index < -0.39 is 0 Å². The number of aromatic amines is 1. The number of rotatable bonds is 8. The highest BCUT2D eigenvalue weighted by Crippen LogP contribution is 2.13. The third kappa shape index (κ3) is 4.58. The van der Waals surface area contributed by atoms with Gasteiger partial charge in [0.2, 0.25) is 0 Å². The van der Waals surface area contributed by atoms with E-state index in [1.54, 1.807) is 25.3 Å². The molecule has 6 nitrogen and oxygen atoms in total. The number of fused-ring (bicyclic) bond motifs is 1. The fourth-order valence-electron chi connectivity index (χ4n) is 2.49. The van der Waals surface area contributed by atoms with Gasteiger partial charge in [-0.1, -0.05) is 18.2 Å². The van der Waals surface area contributed by atoms with Gasteiger partial charge in [0.05, 0.1) is 17.6 Å². The molecule has 0 fully saturated rings. The minimum Gasteiger partial charge on any atom is -0.491 e. The van der Waals surface area contributed by atoms with Crippen LogP contribution in [0.25, 0.3) is 11.0 Å². The van der Waals surface area contributed by atoms with Crippen LogP contribution in [0, 0.1) is 0 Å². The molecule has 0 aliphatic rings. The Balaban J connectivity index is 1.52. The summed E-state index contributed by atoms with van der Waals surface area (Å²) in [5, 5.41) is 2.91. The Morgan fingerprint density at radius 3 is 2.88 bits per heavy atom. The van der Waals surface area contributed by atoms with Crippen molar-refractivity contribution in [1.29, 1.82) is 0 Å². The van der Waals surface area contributed by atoms with Gasteiger partial charge < -0.3 is 19.8 Å². The molecule has 0 aliphatic carbocycles. The number of hydrogen-bond acceptors (Lipinski definition) is 4. The number of imidazole rings is 1. The van der Waals surface area contributed by atoms with Crippen LogP contribution in [-0.4, -0.2) is 42.7 Å². The van der Waals surface area contributed by atoms with Crippen molar-refractivity contribution in [2.45, 2.75) is 6.42 Å². The van der Waals surface area contributed by atoms with Crippen molar-refractivity contribution in [2.24, 2.45) is 0 Å². The molecule has 0 spiro atoms. The molecule has 6 heteroatoms. The Morgan fingerprint density at radius 2 is 2.04 bits per heavy atom. The van der Waals surface area contributed by atoms with Crippen LogP contribution >= 0.6 is 0 Å². The van der Waals surface area contributed by atoms with Gasteiger partial charge in [-0.25, -0.2) is 4.98 Å². The minimum atomic E-state index is -0.131. The molecule has 0 radical (unpaired) electrons. The van der Waals surface area contributed by atoms with Crippen molar-refractivity contribution >= 4 is 16.9 Å². The smallest absolute Gasteiger partial charge is 0.251 e. The van der Waals surface area contributed by atoms with Crippen LogP contribution in [0.2, 0.25) is 0 Å². The molecule has 2 aromatic carbocycles. The van der Waals surface area contributed by atoms with E-state index in [4.69, 9.17) is 9.47 Å². The average molecular weight is 339 g/mol. The zero-order valence-electron chi connectivity index (χ0n) is 14.1. The van der Waals surface area contributed by atoms with E-state index in [2.05, 4.69) is 15.3 Å². The van der Waals surface area contributed by atoms with E-state index >= 15 is 0 Å². The zero-order valence-corrected chi connectivity index (χ0v) is 14.1. The Hall–Kier alpha value is -2.86. The first-order valence-corrected chi connectivity index (χ1v) is 8.20. The zero-order chi connectivity index (χ0) is 17.5. The van der Waals surface area contributed by atoms with Crippen molar-refractivity contribution < 1.29 is 14.3 Å². The van der Waals surface area contributed by atoms with Crippen LogP contribution in [0.15, 0.2) is 48.5 Å². The number of benzene rings is 2. The monoisotopic (exact) mass is 339 g/mol. The SMILES string of the molecule is COCCOc1cccc(C(=O)NCCc2nc3ccccc3[nH]2)c1. The predicted molar refractivity (Wildman–Crippen MR) is 95.9 cm³/mol. The van der Waals surface area contributed by atoms with Crippen LogP contribution in [0.1, 0.15) is 16.2 Å². The van der Waals surface area contributed by atoms with E-state index in [1.807, 2.05) is 30.3 Å². The number of hydrogen-bond donors (Lipinski definition) is 2. The molecule has 0 unspecified atom stereocenters. The average Bonchev–Trinajstić information content (AvgIpc) is 3.05. The number of H-pyrrole nitrogens is 1. The summed E-state index contributed by atoms with van der Waals surface area (Å²) < 4.78 is 10.5. The highest BCUT2D eigenvalue weighted by Gasteiger charge is 2.07. The van der Waals surface area contributed by atoms with Gasteiger partial charge >= 0.3 is 0 Å². The number of methoxy groups -OCH3 is 1. The lowest BCUT2D eigenvalue weighted by molar-refractivity contribution is 0.0953. The van der Waals surface area contributed by atoms with E-state index in [0.717, 1.165) is 16.9 Å². The Kier molecular flexibility index (Phi) is 5.64. The Morgan fingerprint density at radius 1 is 1.16 bits per heavy atom. The standard InChI is InChI=1S/C19H21N3O3/c1-24-11-12-25-15-6-4-5-14(13-15)19(23)20-10-9-18-21-16-7-2-3-8-17(16)22-18/h2-8,13H,9-12H2,1H3,(H,20,23)(H,21,22). The van der Waals surface area contributed by atoms with E-state index in [0.29, 0.717) is 37.5 Å². The van der Waals surface area contributed by atoms with E-state index in [-0.39, 0.29) is 5.91 Å². The van der Waals surface area contributed by atoms with Gasteiger partial charge in [-0.2, -0.15) is 0 Å². The van der Waals surface area contributed by atoms with Gasteiger partial charge in [0, 0.05) is 25.6 Å². The second-order valence-corrected chi connectivity index (χ2v) is 5.58. The molecule has 0 aliphatic heterocycles. The lowest BCUT2D eigenvalue weighted by Crippen LogP contribution is -2.26. The first kappa shape index (κ1) is 17.0. The lowest BCUT2D eigenvalue weighted by Gasteiger charge is -2.08. The highest BCUT2D eigenvalue weighted by atomic mass is 16.5.